The molecule has 8 heteroatoms. The van der Waals surface area contributed by atoms with Gasteiger partial charge in [-0.3, -0.25) is 13.8 Å². The lowest BCUT2D eigenvalue weighted by Gasteiger charge is -2.32. The van der Waals surface area contributed by atoms with E-state index in [9.17, 15) is 19.4 Å². The van der Waals surface area contributed by atoms with E-state index in [1.165, 1.54) is 5.57 Å². The second-order valence-electron chi connectivity index (χ2n) is 9.34. The summed E-state index contributed by atoms with van der Waals surface area (Å²) >= 11 is 0. The molecular formula is C26H39O7P. The summed E-state index contributed by atoms with van der Waals surface area (Å²) in [6.07, 6.45) is 5.38. The number of hydrogen-bond donors (Lipinski definition) is 2. The standard InChI is InChI=1S/C26H39O7P/c1-7-9-20-15-23(27)26(22-14-19(6)11-12-21(22)17(2)3)24(16-20)32-25(28)10-8-13-31-34(29,30)33-18(4)5/h14-16,18,21-22,27H,2,7-13H2,1,3-6H3,(H,29,30)/t21-,22+/m0/s1. The minimum atomic E-state index is -4.14. The Morgan fingerprint density at radius 3 is 2.65 bits per heavy atom. The van der Waals surface area contributed by atoms with Crippen molar-refractivity contribution in [2.24, 2.45) is 5.92 Å². The molecule has 0 fully saturated rings. The Balaban J connectivity index is 2.21. The van der Waals surface area contributed by atoms with Crippen molar-refractivity contribution >= 4 is 13.8 Å². The van der Waals surface area contributed by atoms with Crippen molar-refractivity contribution in [3.8, 4) is 11.5 Å². The molecule has 1 unspecified atom stereocenters. The minimum Gasteiger partial charge on any atom is -0.507 e. The van der Waals surface area contributed by atoms with Crippen LogP contribution in [0.2, 0.25) is 0 Å². The third-order valence-corrected chi connectivity index (χ3v) is 6.98. The molecular weight excluding hydrogens is 455 g/mol. The molecule has 0 amide bonds. The first kappa shape index (κ1) is 28.3. The number of phenols is 1. The zero-order chi connectivity index (χ0) is 25.5. The van der Waals surface area contributed by atoms with Crippen molar-refractivity contribution in [1.82, 2.24) is 0 Å². The fraction of sp³-hybridized carbons (Fsp3) is 0.577. The number of phosphoric acid groups is 1. The van der Waals surface area contributed by atoms with Crippen molar-refractivity contribution in [3.05, 3.63) is 47.1 Å². The monoisotopic (exact) mass is 494 g/mol. The van der Waals surface area contributed by atoms with Gasteiger partial charge in [0.1, 0.15) is 11.5 Å². The first-order valence-electron chi connectivity index (χ1n) is 12.0. The average Bonchev–Trinajstić information content (AvgIpc) is 2.70. The van der Waals surface area contributed by atoms with Crippen LogP contribution in [0.15, 0.2) is 35.9 Å². The number of aryl methyl sites for hydroxylation is 1. The summed E-state index contributed by atoms with van der Waals surface area (Å²) in [7, 11) is -4.14. The zero-order valence-corrected chi connectivity index (χ0v) is 21.9. The molecule has 0 radical (unpaired) electrons. The van der Waals surface area contributed by atoms with Crippen LogP contribution in [0.5, 0.6) is 11.5 Å². The van der Waals surface area contributed by atoms with E-state index < -0.39 is 19.9 Å². The fourth-order valence-electron chi connectivity index (χ4n) is 4.29. The Morgan fingerprint density at radius 2 is 2.03 bits per heavy atom. The Hall–Kier alpha value is -1.92. The molecule has 1 aliphatic carbocycles. The van der Waals surface area contributed by atoms with Crippen LogP contribution >= 0.6 is 7.82 Å². The number of esters is 1. The molecule has 0 saturated heterocycles. The summed E-state index contributed by atoms with van der Waals surface area (Å²) in [6, 6.07) is 3.59. The third-order valence-electron chi connectivity index (χ3n) is 5.78. The molecule has 2 rings (SSSR count). The van der Waals surface area contributed by atoms with Gasteiger partial charge in [0, 0.05) is 17.9 Å². The maximum Gasteiger partial charge on any atom is 0.472 e. The molecule has 1 aliphatic rings. The van der Waals surface area contributed by atoms with Crippen LogP contribution in [-0.2, 0) is 24.8 Å². The van der Waals surface area contributed by atoms with Gasteiger partial charge in [-0.2, -0.15) is 0 Å². The van der Waals surface area contributed by atoms with Crippen molar-refractivity contribution in [1.29, 1.82) is 0 Å². The second kappa shape index (κ2) is 12.7. The van der Waals surface area contributed by atoms with Crippen molar-refractivity contribution in [2.45, 2.75) is 85.2 Å². The topological polar surface area (TPSA) is 102 Å². The van der Waals surface area contributed by atoms with Gasteiger partial charge in [0.15, 0.2) is 0 Å². The summed E-state index contributed by atoms with van der Waals surface area (Å²) in [5.74, 6) is -0.0312. The molecule has 3 atom stereocenters. The maximum atomic E-state index is 12.7. The first-order chi connectivity index (χ1) is 15.9. The van der Waals surface area contributed by atoms with Crippen molar-refractivity contribution in [2.75, 3.05) is 6.61 Å². The van der Waals surface area contributed by atoms with Crippen LogP contribution in [0, 0.1) is 5.92 Å². The normalized spacial score (nSPS) is 20.0. The lowest BCUT2D eigenvalue weighted by Crippen LogP contribution is -2.19. The molecule has 7 nitrogen and oxygen atoms in total. The lowest BCUT2D eigenvalue weighted by molar-refractivity contribution is -0.134. The molecule has 0 spiro atoms. The highest BCUT2D eigenvalue weighted by atomic mass is 31.2. The Kier molecular flexibility index (Phi) is 10.6. The molecule has 1 aromatic carbocycles. The predicted molar refractivity (Wildman–Crippen MR) is 133 cm³/mol. The van der Waals surface area contributed by atoms with Crippen LogP contribution in [0.4, 0.5) is 0 Å². The van der Waals surface area contributed by atoms with Crippen LogP contribution in [-0.4, -0.2) is 28.7 Å². The Bertz CT molecular complexity index is 951. The number of rotatable bonds is 12. The molecule has 2 N–H and O–H groups in total. The number of phosphoric ester groups is 1. The third kappa shape index (κ3) is 8.38. The molecule has 0 bridgehead atoms. The number of phenolic OH excluding ortho intramolecular Hbond substituents is 1. The van der Waals surface area contributed by atoms with Gasteiger partial charge in [0.05, 0.1) is 12.7 Å². The average molecular weight is 495 g/mol. The maximum absolute atomic E-state index is 12.7. The van der Waals surface area contributed by atoms with Crippen LogP contribution < -0.4 is 4.74 Å². The SMILES string of the molecule is C=C(C)[C@@H]1CCC(C)=C[C@H]1c1c(O)cc(CCC)cc1OC(=O)CCCOP(=O)(O)OC(C)C. The second-order valence-corrected chi connectivity index (χ2v) is 10.7. The smallest absolute Gasteiger partial charge is 0.472 e. The highest BCUT2D eigenvalue weighted by Gasteiger charge is 2.31. The molecule has 0 aliphatic heterocycles. The summed E-state index contributed by atoms with van der Waals surface area (Å²) in [6.45, 7) is 13.4. The number of ether oxygens (including phenoxy) is 1. The first-order valence-corrected chi connectivity index (χ1v) is 13.5. The number of carbonyl (C=O) groups excluding carboxylic acids is 1. The van der Waals surface area contributed by atoms with E-state index in [1.807, 2.05) is 19.9 Å². The Morgan fingerprint density at radius 1 is 1.32 bits per heavy atom. The van der Waals surface area contributed by atoms with E-state index in [-0.39, 0.29) is 37.0 Å². The van der Waals surface area contributed by atoms with Gasteiger partial charge in [-0.25, -0.2) is 4.57 Å². The van der Waals surface area contributed by atoms with E-state index in [4.69, 9.17) is 13.8 Å². The van der Waals surface area contributed by atoms with E-state index in [2.05, 4.69) is 19.6 Å². The van der Waals surface area contributed by atoms with Crippen LogP contribution in [0.25, 0.3) is 0 Å². The van der Waals surface area contributed by atoms with Gasteiger partial charge in [-0.15, -0.1) is 0 Å². The molecule has 190 valence electrons. The number of allylic oxidation sites excluding steroid dienone is 3. The summed E-state index contributed by atoms with van der Waals surface area (Å²) in [5.41, 5.74) is 3.75. The van der Waals surface area contributed by atoms with Gasteiger partial charge in [-0.05, 0) is 77.0 Å². The quantitative estimate of drug-likeness (QED) is 0.111. The van der Waals surface area contributed by atoms with E-state index in [0.29, 0.717) is 11.3 Å². The molecule has 0 saturated carbocycles. The van der Waals surface area contributed by atoms with Crippen molar-refractivity contribution < 1.29 is 33.1 Å². The number of benzene rings is 1. The van der Waals surface area contributed by atoms with Gasteiger partial charge in [0.25, 0.3) is 0 Å². The molecule has 1 aromatic rings. The Labute approximate surface area is 203 Å². The van der Waals surface area contributed by atoms with Gasteiger partial charge < -0.3 is 14.7 Å². The fourth-order valence-corrected chi connectivity index (χ4v) is 5.25. The number of carbonyl (C=O) groups is 1. The van der Waals surface area contributed by atoms with E-state index in [0.717, 1.165) is 36.8 Å². The van der Waals surface area contributed by atoms with Crippen LogP contribution in [0.3, 0.4) is 0 Å². The zero-order valence-electron chi connectivity index (χ0n) is 21.0. The highest BCUT2D eigenvalue weighted by molar-refractivity contribution is 7.47. The minimum absolute atomic E-state index is 0.0106. The highest BCUT2D eigenvalue weighted by Crippen LogP contribution is 2.47. The largest absolute Gasteiger partial charge is 0.507 e. The summed E-state index contributed by atoms with van der Waals surface area (Å²) in [5, 5.41) is 11.0. The summed E-state index contributed by atoms with van der Waals surface area (Å²) in [4.78, 5) is 22.3. The van der Waals surface area contributed by atoms with Gasteiger partial charge in [-0.1, -0.05) is 37.1 Å². The molecule has 34 heavy (non-hydrogen) atoms. The molecule has 0 aromatic heterocycles. The van der Waals surface area contributed by atoms with Crippen LogP contribution in [0.1, 0.15) is 83.8 Å². The van der Waals surface area contributed by atoms with Crippen molar-refractivity contribution in [3.63, 3.8) is 0 Å². The predicted octanol–water partition coefficient (Wildman–Crippen LogP) is 6.59. The van der Waals surface area contributed by atoms with Gasteiger partial charge in [0.2, 0.25) is 0 Å². The van der Waals surface area contributed by atoms with E-state index >= 15 is 0 Å². The molecule has 0 heterocycles. The summed E-state index contributed by atoms with van der Waals surface area (Å²) < 4.78 is 27.3. The van der Waals surface area contributed by atoms with E-state index in [1.54, 1.807) is 19.9 Å². The van der Waals surface area contributed by atoms with Gasteiger partial charge >= 0.3 is 13.8 Å². The number of aromatic hydroxyl groups is 1. The lowest BCUT2D eigenvalue weighted by atomic mass is 9.73. The number of hydrogen-bond acceptors (Lipinski definition) is 6.